The zero-order valence-electron chi connectivity index (χ0n) is 6.29. The Hall–Kier alpha value is -0.000000000000000111. The van der Waals surface area contributed by atoms with Gasteiger partial charge >= 0.3 is 5.97 Å². The predicted molar refractivity (Wildman–Crippen MR) is 45.9 cm³/mol. The van der Waals surface area contributed by atoms with Crippen LogP contribution in [0.1, 0.15) is 6.42 Å². The fourth-order valence-electron chi connectivity index (χ4n) is 0.417. The van der Waals surface area contributed by atoms with Crippen LogP contribution in [-0.2, 0) is 19.4 Å². The maximum absolute atomic E-state index is 10.9. The summed E-state index contributed by atoms with van der Waals surface area (Å²) in [6, 6.07) is 0. The van der Waals surface area contributed by atoms with Crippen LogP contribution in [0.5, 0.6) is 0 Å². The number of sulfone groups is 1. The molecule has 0 aromatic heterocycles. The molecule has 0 saturated carbocycles. The maximum atomic E-state index is 10.9. The summed E-state index contributed by atoms with van der Waals surface area (Å²) in [5, 5.41) is 0. The molecule has 0 aromatic rings. The highest BCUT2D eigenvalue weighted by molar-refractivity contribution is 7.94. The van der Waals surface area contributed by atoms with Crippen molar-refractivity contribution >= 4 is 39.0 Å². The minimum atomic E-state index is -3.57. The summed E-state index contributed by atoms with van der Waals surface area (Å²) in [5.41, 5.74) is 0. The monoisotopic (exact) mass is 234 g/mol. The van der Waals surface area contributed by atoms with Crippen LogP contribution in [-0.4, -0.2) is 31.4 Å². The van der Waals surface area contributed by atoms with E-state index in [-0.39, 0.29) is 6.42 Å². The van der Waals surface area contributed by atoms with Gasteiger partial charge in [-0.25, -0.2) is 8.42 Å². The average Bonchev–Trinajstić information content (AvgIpc) is 2.00. The molecule has 0 rings (SSSR count). The van der Waals surface area contributed by atoms with Gasteiger partial charge in [-0.1, -0.05) is 23.2 Å². The van der Waals surface area contributed by atoms with Crippen molar-refractivity contribution in [2.24, 2.45) is 0 Å². The highest BCUT2D eigenvalue weighted by Crippen LogP contribution is 2.12. The van der Waals surface area contributed by atoms with Gasteiger partial charge in [0.1, 0.15) is 0 Å². The minimum Gasteiger partial charge on any atom is -0.469 e. The zero-order chi connectivity index (χ0) is 9.78. The van der Waals surface area contributed by atoms with Gasteiger partial charge in [-0.05, 0) is 0 Å². The number of ether oxygens (including phenoxy) is 1. The van der Waals surface area contributed by atoms with E-state index in [0.29, 0.717) is 0 Å². The van der Waals surface area contributed by atoms with Crippen LogP contribution in [0, 0.1) is 0 Å². The standard InChI is InChI=1S/C5H8Cl2O4S/c1-11-4(8)2-3-12(9,10)5(6)7/h5H,2-3H2,1H3. The molecule has 4 nitrogen and oxygen atoms in total. The fraction of sp³-hybridized carbons (Fsp3) is 0.800. The van der Waals surface area contributed by atoms with Crippen LogP contribution in [0.15, 0.2) is 0 Å². The molecule has 0 aliphatic rings. The Morgan fingerprint density at radius 2 is 2.00 bits per heavy atom. The molecule has 0 spiro atoms. The minimum absolute atomic E-state index is 0.227. The first kappa shape index (κ1) is 12.0. The largest absolute Gasteiger partial charge is 0.469 e. The highest BCUT2D eigenvalue weighted by Gasteiger charge is 2.21. The van der Waals surface area contributed by atoms with Gasteiger partial charge in [0.25, 0.3) is 0 Å². The lowest BCUT2D eigenvalue weighted by Gasteiger charge is -2.02. The van der Waals surface area contributed by atoms with Crippen LogP contribution in [0.25, 0.3) is 0 Å². The summed E-state index contributed by atoms with van der Waals surface area (Å²) in [7, 11) is -2.40. The molecule has 12 heavy (non-hydrogen) atoms. The topological polar surface area (TPSA) is 60.4 Å². The molecule has 0 aliphatic heterocycles. The molecule has 0 bridgehead atoms. The van der Waals surface area contributed by atoms with Crippen molar-refractivity contribution in [3.05, 3.63) is 0 Å². The van der Waals surface area contributed by atoms with Crippen molar-refractivity contribution in [3.63, 3.8) is 0 Å². The van der Waals surface area contributed by atoms with Crippen molar-refractivity contribution < 1.29 is 17.9 Å². The van der Waals surface area contributed by atoms with Gasteiger partial charge in [0, 0.05) is 0 Å². The Labute approximate surface area is 80.7 Å². The lowest BCUT2D eigenvalue weighted by Crippen LogP contribution is -2.17. The SMILES string of the molecule is COC(=O)CCS(=O)(=O)C(Cl)Cl. The van der Waals surface area contributed by atoms with Crippen molar-refractivity contribution in [1.82, 2.24) is 0 Å². The quantitative estimate of drug-likeness (QED) is 0.532. The van der Waals surface area contributed by atoms with E-state index in [0.717, 1.165) is 0 Å². The summed E-state index contributed by atoms with van der Waals surface area (Å²) < 4.78 is 24.5. The van der Waals surface area contributed by atoms with Gasteiger partial charge in [0.05, 0.1) is 19.3 Å². The number of hydrogen-bond acceptors (Lipinski definition) is 4. The first-order chi connectivity index (χ1) is 5.40. The normalized spacial score (nSPS) is 11.7. The van der Waals surface area contributed by atoms with E-state index in [1.807, 2.05) is 0 Å². The van der Waals surface area contributed by atoms with Crippen LogP contribution in [0.2, 0.25) is 0 Å². The molecular weight excluding hydrogens is 227 g/mol. The first-order valence-corrected chi connectivity index (χ1v) is 5.55. The van der Waals surface area contributed by atoms with Crippen LogP contribution < -0.4 is 0 Å². The summed E-state index contributed by atoms with van der Waals surface area (Å²) in [6.07, 6.45) is -0.227. The van der Waals surface area contributed by atoms with E-state index in [1.54, 1.807) is 0 Å². The lowest BCUT2D eigenvalue weighted by molar-refractivity contribution is -0.140. The second kappa shape index (κ2) is 4.89. The number of carbonyl (C=O) groups excluding carboxylic acids is 1. The third-order valence-electron chi connectivity index (χ3n) is 1.09. The third kappa shape index (κ3) is 4.13. The molecule has 72 valence electrons. The number of methoxy groups -OCH3 is 1. The van der Waals surface area contributed by atoms with Crippen molar-refractivity contribution in [2.45, 2.75) is 10.6 Å². The molecule has 0 heterocycles. The molecule has 7 heteroatoms. The summed E-state index contributed by atoms with van der Waals surface area (Å²) in [5.74, 6) is -0.996. The van der Waals surface area contributed by atoms with E-state index in [1.165, 1.54) is 7.11 Å². The van der Waals surface area contributed by atoms with Gasteiger partial charge in [0.2, 0.25) is 4.17 Å². The molecule has 0 saturated heterocycles. The molecule has 0 aromatic carbocycles. The van der Waals surface area contributed by atoms with Crippen molar-refractivity contribution in [3.8, 4) is 0 Å². The zero-order valence-corrected chi connectivity index (χ0v) is 8.62. The van der Waals surface area contributed by atoms with Crippen molar-refractivity contribution in [2.75, 3.05) is 12.9 Å². The van der Waals surface area contributed by atoms with E-state index >= 15 is 0 Å². The van der Waals surface area contributed by atoms with Gasteiger partial charge in [0.15, 0.2) is 9.84 Å². The number of rotatable bonds is 4. The van der Waals surface area contributed by atoms with Crippen LogP contribution in [0.4, 0.5) is 0 Å². The van der Waals surface area contributed by atoms with Gasteiger partial charge in [-0.2, -0.15) is 0 Å². The molecule has 0 aliphatic carbocycles. The molecule has 0 unspecified atom stereocenters. The lowest BCUT2D eigenvalue weighted by atomic mass is 10.5. The Kier molecular flexibility index (Phi) is 4.89. The van der Waals surface area contributed by atoms with Gasteiger partial charge in [-0.3, -0.25) is 4.79 Å². The third-order valence-corrected chi connectivity index (χ3v) is 4.03. The average molecular weight is 235 g/mol. The molecule has 0 N–H and O–H groups in total. The Bertz CT molecular complexity index is 246. The molecular formula is C5H8Cl2O4S. The van der Waals surface area contributed by atoms with E-state index < -0.39 is 25.7 Å². The number of hydrogen-bond donors (Lipinski definition) is 0. The molecule has 0 amide bonds. The maximum Gasteiger partial charge on any atom is 0.306 e. The Morgan fingerprint density at radius 1 is 1.50 bits per heavy atom. The van der Waals surface area contributed by atoms with E-state index in [2.05, 4.69) is 4.74 Å². The predicted octanol–water partition coefficient (Wildman–Crippen LogP) is 0.726. The van der Waals surface area contributed by atoms with E-state index in [9.17, 15) is 13.2 Å². The number of halogens is 2. The number of esters is 1. The number of alkyl halides is 2. The summed E-state index contributed by atoms with van der Waals surface area (Å²) in [4.78, 5) is 10.5. The van der Waals surface area contributed by atoms with Gasteiger partial charge in [-0.15, -0.1) is 0 Å². The molecule has 0 atom stereocenters. The van der Waals surface area contributed by atoms with Gasteiger partial charge < -0.3 is 4.74 Å². The van der Waals surface area contributed by atoms with Crippen LogP contribution >= 0.6 is 23.2 Å². The summed E-state index contributed by atoms with van der Waals surface area (Å²) in [6.45, 7) is 0. The fourth-order valence-corrected chi connectivity index (χ4v) is 1.58. The summed E-state index contributed by atoms with van der Waals surface area (Å²) >= 11 is 10.2. The number of carbonyl (C=O) groups is 1. The smallest absolute Gasteiger partial charge is 0.306 e. The second-order valence-corrected chi connectivity index (χ2v) is 5.77. The van der Waals surface area contributed by atoms with E-state index in [4.69, 9.17) is 23.2 Å². The van der Waals surface area contributed by atoms with Crippen LogP contribution in [0.3, 0.4) is 0 Å². The molecule has 0 radical (unpaired) electrons. The molecule has 0 fully saturated rings. The Balaban J connectivity index is 4.02. The highest BCUT2D eigenvalue weighted by atomic mass is 35.5. The Morgan fingerprint density at radius 3 is 2.33 bits per heavy atom. The first-order valence-electron chi connectivity index (χ1n) is 2.96. The van der Waals surface area contributed by atoms with Crippen molar-refractivity contribution in [1.29, 1.82) is 0 Å². The second-order valence-electron chi connectivity index (χ2n) is 1.95.